The Bertz CT molecular complexity index is 3620. The van der Waals surface area contributed by atoms with Gasteiger partial charge in [-0.3, -0.25) is 0 Å². The first-order chi connectivity index (χ1) is 35.7. The minimum atomic E-state index is -0.0638. The molecule has 12 rings (SSSR count). The quantitative estimate of drug-likeness (QED) is 0.130. The second-order valence-electron chi connectivity index (χ2n) is 18.5. The lowest BCUT2D eigenvalue weighted by atomic mass is 9.62. The molecule has 0 aliphatic heterocycles. The maximum absolute atomic E-state index is 5.47. The average Bonchev–Trinajstić information content (AvgIpc) is 3.48. The molecule has 0 saturated heterocycles. The number of hydrogen-bond acceptors (Lipinski definition) is 3. The van der Waals surface area contributed by atoms with Crippen LogP contribution < -0.4 is 0 Å². The molecule has 0 saturated carbocycles. The molecule has 0 spiro atoms. The molecule has 3 unspecified atom stereocenters. The molecule has 3 heteroatoms. The van der Waals surface area contributed by atoms with Crippen molar-refractivity contribution in [2.75, 3.05) is 0 Å². The number of rotatable bonds is 11. The molecular weight excluding hydrogens is 871 g/mol. The van der Waals surface area contributed by atoms with Gasteiger partial charge in [-0.25, -0.2) is 15.0 Å². The summed E-state index contributed by atoms with van der Waals surface area (Å²) in [6.45, 7) is 0. The first-order valence-electron chi connectivity index (χ1n) is 25.0. The Labute approximate surface area is 422 Å². The lowest BCUT2D eigenvalue weighted by Gasteiger charge is -2.41. The Balaban J connectivity index is 1.14. The van der Waals surface area contributed by atoms with Crippen LogP contribution in [0.25, 0.3) is 61.8 Å². The van der Waals surface area contributed by atoms with E-state index in [1.807, 2.05) is 0 Å². The Hall–Kier alpha value is -9.05. The zero-order valence-electron chi connectivity index (χ0n) is 39.8. The van der Waals surface area contributed by atoms with Gasteiger partial charge in [-0.15, -0.1) is 0 Å². The zero-order chi connectivity index (χ0) is 48.1. The van der Waals surface area contributed by atoms with Crippen LogP contribution in [0.15, 0.2) is 279 Å². The molecule has 2 aliphatic carbocycles. The molecule has 1 heterocycles. The Kier molecular flexibility index (Phi) is 12.3. The molecule has 0 fully saturated rings. The van der Waals surface area contributed by atoms with Gasteiger partial charge in [-0.1, -0.05) is 273 Å². The van der Waals surface area contributed by atoms with Crippen molar-refractivity contribution in [3.8, 4) is 33.9 Å². The average molecular weight is 922 g/mol. The molecule has 0 N–H and O–H groups in total. The molecule has 72 heavy (non-hydrogen) atoms. The van der Waals surface area contributed by atoms with E-state index in [0.29, 0.717) is 11.6 Å². The zero-order valence-corrected chi connectivity index (χ0v) is 39.8. The van der Waals surface area contributed by atoms with Crippen molar-refractivity contribution in [3.05, 3.63) is 324 Å². The van der Waals surface area contributed by atoms with Crippen LogP contribution >= 0.6 is 0 Å². The van der Waals surface area contributed by atoms with Crippen molar-refractivity contribution >= 4 is 27.9 Å². The van der Waals surface area contributed by atoms with Crippen LogP contribution in [-0.4, -0.2) is 15.0 Å². The van der Waals surface area contributed by atoms with E-state index in [1.54, 1.807) is 0 Å². The summed E-state index contributed by atoms with van der Waals surface area (Å²) in [5, 5.41) is 0. The Morgan fingerprint density at radius 2 is 0.736 bits per heavy atom. The SMILES string of the molecule is C1=CC(c2ccccc2)=CC(c2nc(-c3cccc(C4=C(c5ccccc5)C(c5ccccc5)C(c5ccccc5)C(c5ccccc5)=C4c4ccccc4)c3)nc(-c3ccccc3-c3ccccc3)n2)C1. The molecule has 3 nitrogen and oxygen atoms in total. The van der Waals surface area contributed by atoms with Crippen molar-refractivity contribution in [1.82, 2.24) is 15.0 Å². The predicted octanol–water partition coefficient (Wildman–Crippen LogP) is 17.1. The van der Waals surface area contributed by atoms with Crippen LogP contribution in [0.3, 0.4) is 0 Å². The second kappa shape index (κ2) is 20.1. The fourth-order valence-corrected chi connectivity index (χ4v) is 10.9. The molecular formula is C69H51N3. The van der Waals surface area contributed by atoms with Crippen LogP contribution in [0.5, 0.6) is 0 Å². The fraction of sp³-hybridized carbons (Fsp3) is 0.0580. The number of aromatic nitrogens is 3. The van der Waals surface area contributed by atoms with E-state index < -0.39 is 0 Å². The maximum Gasteiger partial charge on any atom is 0.164 e. The summed E-state index contributed by atoms with van der Waals surface area (Å²) >= 11 is 0. The van der Waals surface area contributed by atoms with Gasteiger partial charge < -0.3 is 0 Å². The largest absolute Gasteiger partial charge is 0.212 e. The minimum absolute atomic E-state index is 0.0370. The van der Waals surface area contributed by atoms with Gasteiger partial charge in [-0.05, 0) is 90.4 Å². The third-order valence-corrected chi connectivity index (χ3v) is 14.1. The molecule has 1 aromatic heterocycles. The summed E-state index contributed by atoms with van der Waals surface area (Å²) in [6.07, 6.45) is 7.58. The van der Waals surface area contributed by atoms with E-state index in [4.69, 9.17) is 15.0 Å². The van der Waals surface area contributed by atoms with Gasteiger partial charge in [0, 0.05) is 28.9 Å². The van der Waals surface area contributed by atoms with Crippen LogP contribution in [-0.2, 0) is 0 Å². The molecule has 3 atom stereocenters. The van der Waals surface area contributed by atoms with E-state index >= 15 is 0 Å². The van der Waals surface area contributed by atoms with Crippen molar-refractivity contribution in [3.63, 3.8) is 0 Å². The van der Waals surface area contributed by atoms with Crippen molar-refractivity contribution in [1.29, 1.82) is 0 Å². The van der Waals surface area contributed by atoms with Crippen LogP contribution in [0.2, 0.25) is 0 Å². The monoisotopic (exact) mass is 921 g/mol. The van der Waals surface area contributed by atoms with Crippen molar-refractivity contribution in [2.45, 2.75) is 24.2 Å². The molecule has 342 valence electrons. The lowest BCUT2D eigenvalue weighted by molar-refractivity contribution is 0.766. The Morgan fingerprint density at radius 1 is 0.319 bits per heavy atom. The predicted molar refractivity (Wildman–Crippen MR) is 298 cm³/mol. The molecule has 0 amide bonds. The second-order valence-corrected chi connectivity index (χ2v) is 18.5. The summed E-state index contributed by atoms with van der Waals surface area (Å²) in [4.78, 5) is 16.3. The van der Waals surface area contributed by atoms with E-state index in [9.17, 15) is 0 Å². The van der Waals surface area contributed by atoms with Crippen molar-refractivity contribution < 1.29 is 0 Å². The minimum Gasteiger partial charge on any atom is -0.212 e. The fourth-order valence-electron chi connectivity index (χ4n) is 10.9. The van der Waals surface area contributed by atoms with Gasteiger partial charge in [-0.2, -0.15) is 0 Å². The molecule has 9 aromatic carbocycles. The first kappa shape index (κ1) is 44.2. The first-order valence-corrected chi connectivity index (χ1v) is 25.0. The lowest BCUT2D eigenvalue weighted by Crippen LogP contribution is -2.22. The number of hydrogen-bond donors (Lipinski definition) is 0. The molecule has 0 bridgehead atoms. The highest BCUT2D eigenvalue weighted by Gasteiger charge is 2.41. The van der Waals surface area contributed by atoms with Crippen molar-refractivity contribution in [2.24, 2.45) is 0 Å². The maximum atomic E-state index is 5.47. The number of allylic oxidation sites excluding steroid dienone is 8. The van der Waals surface area contributed by atoms with E-state index in [-0.39, 0.29) is 17.8 Å². The van der Waals surface area contributed by atoms with Crippen LogP contribution in [0.1, 0.15) is 68.9 Å². The third-order valence-electron chi connectivity index (χ3n) is 14.1. The summed E-state index contributed by atoms with van der Waals surface area (Å²) < 4.78 is 0. The molecule has 10 aromatic rings. The van der Waals surface area contributed by atoms with Gasteiger partial charge in [0.25, 0.3) is 0 Å². The van der Waals surface area contributed by atoms with E-state index in [2.05, 4.69) is 279 Å². The number of benzene rings is 9. The highest BCUT2D eigenvalue weighted by Crippen LogP contribution is 2.60. The summed E-state index contributed by atoms with van der Waals surface area (Å²) in [6, 6.07) is 93.9. The van der Waals surface area contributed by atoms with Gasteiger partial charge in [0.15, 0.2) is 11.6 Å². The number of nitrogens with zero attached hydrogens (tertiary/aromatic N) is 3. The Morgan fingerprint density at radius 3 is 1.29 bits per heavy atom. The van der Waals surface area contributed by atoms with E-state index in [1.165, 1.54) is 50.1 Å². The molecule has 0 radical (unpaired) electrons. The topological polar surface area (TPSA) is 38.7 Å². The van der Waals surface area contributed by atoms with E-state index in [0.717, 1.165) is 51.2 Å². The van der Waals surface area contributed by atoms with Gasteiger partial charge in [0.1, 0.15) is 5.82 Å². The smallest absolute Gasteiger partial charge is 0.164 e. The molecule has 2 aliphatic rings. The summed E-state index contributed by atoms with van der Waals surface area (Å²) in [5.41, 5.74) is 18.5. The highest BCUT2D eigenvalue weighted by atomic mass is 15.0. The highest BCUT2D eigenvalue weighted by molar-refractivity contribution is 6.25. The van der Waals surface area contributed by atoms with Gasteiger partial charge in [0.05, 0.1) is 0 Å². The summed E-state index contributed by atoms with van der Waals surface area (Å²) in [7, 11) is 0. The third kappa shape index (κ3) is 8.78. The van der Waals surface area contributed by atoms with Crippen LogP contribution in [0, 0.1) is 0 Å². The summed E-state index contributed by atoms with van der Waals surface area (Å²) in [5.74, 6) is 1.87. The van der Waals surface area contributed by atoms with Gasteiger partial charge >= 0.3 is 0 Å². The van der Waals surface area contributed by atoms with Crippen LogP contribution in [0.4, 0.5) is 0 Å². The normalized spacial score (nSPS) is 16.6. The van der Waals surface area contributed by atoms with Gasteiger partial charge in [0.2, 0.25) is 0 Å². The standard InChI is InChI=1S/C69H51N3/c1-8-26-48(27-9-1)55-40-24-42-57(46-55)67-70-68(72-69(71-67)60-45-23-22-44-59(60)49-28-10-2-11-29-49)58-43-25-41-56(47-58)66-64(53-36-18-6-19-37-53)62(51-32-14-4-15-33-51)61(50-30-12-3-13-31-50)63(52-34-16-5-17-35-52)65(66)54-38-20-7-21-39-54/h1-41,43-47,57,61-62H,42H2.